The highest BCUT2D eigenvalue weighted by Crippen LogP contribution is 2.38. The number of alkyl halides is 3. The molecule has 1 amide bonds. The summed E-state index contributed by atoms with van der Waals surface area (Å²) >= 11 is 0. The monoisotopic (exact) mass is 426 g/mol. The number of nitrogens with two attached hydrogens (primary N) is 1. The number of benzene rings is 2. The van der Waals surface area contributed by atoms with Crippen molar-refractivity contribution in [3.8, 4) is 22.5 Å². The third-order valence-electron chi connectivity index (χ3n) is 5.28. The molecule has 0 aliphatic carbocycles. The molecule has 4 aromatic rings. The Labute approximate surface area is 176 Å². The fraction of sp³-hybridized carbons (Fsp3) is 0.217. The molecule has 0 aliphatic rings. The molecule has 31 heavy (non-hydrogen) atoms. The number of halogens is 3. The van der Waals surface area contributed by atoms with Crippen molar-refractivity contribution in [2.24, 2.45) is 5.73 Å². The van der Waals surface area contributed by atoms with Gasteiger partial charge in [-0.15, -0.1) is 0 Å². The highest BCUT2D eigenvalue weighted by atomic mass is 19.4. The van der Waals surface area contributed by atoms with Gasteiger partial charge in [-0.1, -0.05) is 38.1 Å². The maximum absolute atomic E-state index is 13.6. The summed E-state index contributed by atoms with van der Waals surface area (Å²) in [4.78, 5) is 11.3. The van der Waals surface area contributed by atoms with E-state index in [4.69, 9.17) is 5.73 Å². The minimum atomic E-state index is -4.44. The number of aromatic nitrogens is 3. The molecule has 0 atom stereocenters. The van der Waals surface area contributed by atoms with Gasteiger partial charge in [0, 0.05) is 28.2 Å². The number of H-pyrrole nitrogens is 1. The van der Waals surface area contributed by atoms with Crippen LogP contribution in [0.15, 0.2) is 54.7 Å². The summed E-state index contributed by atoms with van der Waals surface area (Å²) in [6.45, 7) is 3.54. The summed E-state index contributed by atoms with van der Waals surface area (Å²) in [6.07, 6.45) is -2.67. The van der Waals surface area contributed by atoms with Gasteiger partial charge in [-0.2, -0.15) is 18.3 Å². The van der Waals surface area contributed by atoms with E-state index in [-0.39, 0.29) is 18.0 Å². The van der Waals surface area contributed by atoms with E-state index >= 15 is 0 Å². The molecule has 0 bridgehead atoms. The van der Waals surface area contributed by atoms with Gasteiger partial charge in [0.2, 0.25) is 5.91 Å². The molecule has 0 aliphatic heterocycles. The van der Waals surface area contributed by atoms with E-state index in [9.17, 15) is 18.0 Å². The SMILES string of the molecule is CC(C)c1ccc(-c2cc(-c3cccc4c3ccn4CC(N)=O)[nH]n2)cc1C(F)(F)F. The second kappa shape index (κ2) is 7.61. The Morgan fingerprint density at radius 3 is 2.61 bits per heavy atom. The highest BCUT2D eigenvalue weighted by Gasteiger charge is 2.34. The van der Waals surface area contributed by atoms with Crippen molar-refractivity contribution in [3.05, 3.63) is 65.9 Å². The second-order valence-corrected chi connectivity index (χ2v) is 7.77. The molecule has 2 aromatic carbocycles. The minimum Gasteiger partial charge on any atom is -0.368 e. The van der Waals surface area contributed by atoms with Gasteiger partial charge < -0.3 is 10.3 Å². The van der Waals surface area contributed by atoms with E-state index in [1.165, 1.54) is 6.07 Å². The lowest BCUT2D eigenvalue weighted by Gasteiger charge is -2.16. The maximum atomic E-state index is 13.6. The van der Waals surface area contributed by atoms with Crippen LogP contribution in [0.5, 0.6) is 0 Å². The van der Waals surface area contributed by atoms with Crippen molar-refractivity contribution < 1.29 is 18.0 Å². The molecule has 0 fully saturated rings. The van der Waals surface area contributed by atoms with Crippen LogP contribution < -0.4 is 5.73 Å². The van der Waals surface area contributed by atoms with Crippen LogP contribution >= 0.6 is 0 Å². The Bertz CT molecular complexity index is 1270. The van der Waals surface area contributed by atoms with Gasteiger partial charge in [0.25, 0.3) is 0 Å². The van der Waals surface area contributed by atoms with Gasteiger partial charge in [0.05, 0.1) is 17.0 Å². The van der Waals surface area contributed by atoms with Crippen LogP contribution in [0.1, 0.15) is 30.9 Å². The van der Waals surface area contributed by atoms with Crippen LogP contribution in [0.25, 0.3) is 33.4 Å². The highest BCUT2D eigenvalue weighted by molar-refractivity contribution is 5.95. The van der Waals surface area contributed by atoms with Crippen LogP contribution in [-0.2, 0) is 17.5 Å². The molecule has 0 saturated carbocycles. The van der Waals surface area contributed by atoms with Crippen molar-refractivity contribution in [2.45, 2.75) is 32.5 Å². The summed E-state index contributed by atoms with van der Waals surface area (Å²) in [6, 6.07) is 13.5. The zero-order valence-electron chi connectivity index (χ0n) is 17.0. The zero-order chi connectivity index (χ0) is 22.3. The quantitative estimate of drug-likeness (QED) is 0.453. The fourth-order valence-electron chi connectivity index (χ4n) is 3.84. The van der Waals surface area contributed by atoms with Crippen LogP contribution in [0.4, 0.5) is 13.2 Å². The molecule has 0 radical (unpaired) electrons. The number of aromatic amines is 1. The summed E-state index contributed by atoms with van der Waals surface area (Å²) in [5, 5.41) is 8.06. The minimum absolute atomic E-state index is 0.0591. The first kappa shape index (κ1) is 20.7. The van der Waals surface area contributed by atoms with E-state index in [2.05, 4.69) is 10.2 Å². The van der Waals surface area contributed by atoms with E-state index in [0.29, 0.717) is 17.0 Å². The predicted octanol–water partition coefficient (Wildman–Crippen LogP) is 5.33. The number of hydrogen-bond donors (Lipinski definition) is 2. The largest absolute Gasteiger partial charge is 0.416 e. The standard InChI is InChI=1S/C23H21F3N4O/c1-13(2)15-7-6-14(10-18(15)23(24,25)26)19-11-20(29-28-19)16-4-3-5-21-17(16)8-9-30(21)12-22(27)31/h3-11,13H,12H2,1-2H3,(H2,27,31)(H,28,29). The first-order chi connectivity index (χ1) is 14.6. The molecular weight excluding hydrogens is 405 g/mol. The summed E-state index contributed by atoms with van der Waals surface area (Å²) in [7, 11) is 0. The molecule has 3 N–H and O–H groups in total. The van der Waals surface area contributed by atoms with Gasteiger partial charge in [0.15, 0.2) is 0 Å². The molecular formula is C23H21F3N4O. The third kappa shape index (κ3) is 3.93. The maximum Gasteiger partial charge on any atom is 0.416 e. The average Bonchev–Trinajstić information content (AvgIpc) is 3.34. The zero-order valence-corrected chi connectivity index (χ0v) is 17.0. The number of primary amides is 1. The van der Waals surface area contributed by atoms with Gasteiger partial charge in [-0.05, 0) is 35.7 Å². The number of fused-ring (bicyclic) bond motifs is 1. The first-order valence-corrected chi connectivity index (χ1v) is 9.78. The molecule has 0 saturated heterocycles. The van der Waals surface area contributed by atoms with Crippen LogP contribution in [0.3, 0.4) is 0 Å². The molecule has 5 nitrogen and oxygen atoms in total. The lowest BCUT2D eigenvalue weighted by molar-refractivity contribution is -0.138. The number of rotatable bonds is 5. The average molecular weight is 426 g/mol. The number of hydrogen-bond acceptors (Lipinski definition) is 2. The summed E-state index contributed by atoms with van der Waals surface area (Å²) in [5.41, 5.74) is 8.05. The number of amides is 1. The number of nitrogens with one attached hydrogen (secondary N) is 1. The summed E-state index contributed by atoms with van der Waals surface area (Å²) in [5.74, 6) is -0.695. The van der Waals surface area contributed by atoms with E-state index in [0.717, 1.165) is 22.5 Å². The van der Waals surface area contributed by atoms with Gasteiger partial charge in [-0.25, -0.2) is 0 Å². The molecule has 2 heterocycles. The number of nitrogens with zero attached hydrogens (tertiary/aromatic N) is 2. The van der Waals surface area contributed by atoms with Gasteiger partial charge in [0.1, 0.15) is 6.54 Å². The van der Waals surface area contributed by atoms with Gasteiger partial charge in [-0.3, -0.25) is 9.89 Å². The Morgan fingerprint density at radius 1 is 1.16 bits per heavy atom. The Morgan fingerprint density at radius 2 is 1.94 bits per heavy atom. The topological polar surface area (TPSA) is 76.7 Å². The smallest absolute Gasteiger partial charge is 0.368 e. The lowest BCUT2D eigenvalue weighted by Crippen LogP contribution is -2.17. The molecule has 0 spiro atoms. The van der Waals surface area contributed by atoms with Gasteiger partial charge >= 0.3 is 6.18 Å². The Hall–Kier alpha value is -3.55. The predicted molar refractivity (Wildman–Crippen MR) is 113 cm³/mol. The normalized spacial score (nSPS) is 12.1. The van der Waals surface area contributed by atoms with Crippen molar-refractivity contribution >= 4 is 16.8 Å². The van der Waals surface area contributed by atoms with Crippen molar-refractivity contribution in [1.29, 1.82) is 0 Å². The number of carbonyl (C=O) groups is 1. The van der Waals surface area contributed by atoms with Crippen molar-refractivity contribution in [3.63, 3.8) is 0 Å². The van der Waals surface area contributed by atoms with E-state index in [1.54, 1.807) is 36.7 Å². The molecule has 160 valence electrons. The molecule has 4 rings (SSSR count). The van der Waals surface area contributed by atoms with Crippen molar-refractivity contribution in [1.82, 2.24) is 14.8 Å². The first-order valence-electron chi connectivity index (χ1n) is 9.78. The van der Waals surface area contributed by atoms with E-state index in [1.807, 2.05) is 24.3 Å². The van der Waals surface area contributed by atoms with E-state index < -0.39 is 17.6 Å². The van der Waals surface area contributed by atoms with Crippen molar-refractivity contribution in [2.75, 3.05) is 0 Å². The van der Waals surface area contributed by atoms with Crippen LogP contribution in [0, 0.1) is 0 Å². The number of carbonyl (C=O) groups excluding carboxylic acids is 1. The molecule has 0 unspecified atom stereocenters. The third-order valence-corrected chi connectivity index (χ3v) is 5.28. The Balaban J connectivity index is 1.76. The molecule has 2 aromatic heterocycles. The van der Waals surface area contributed by atoms with Crippen LogP contribution in [0.2, 0.25) is 0 Å². The second-order valence-electron chi connectivity index (χ2n) is 7.77. The molecule has 8 heteroatoms. The lowest BCUT2D eigenvalue weighted by atomic mass is 9.94. The Kier molecular flexibility index (Phi) is 5.08. The summed E-state index contributed by atoms with van der Waals surface area (Å²) < 4.78 is 42.5. The van der Waals surface area contributed by atoms with Crippen LogP contribution in [-0.4, -0.2) is 20.7 Å². The fourth-order valence-corrected chi connectivity index (χ4v) is 3.84.